The number of hydrogen-bond donors (Lipinski definition) is 0. The number of aromatic nitrogens is 1. The molecule has 0 radical (unpaired) electrons. The van der Waals surface area contributed by atoms with E-state index in [4.69, 9.17) is 4.74 Å². The summed E-state index contributed by atoms with van der Waals surface area (Å²) in [5, 5.41) is 0. The summed E-state index contributed by atoms with van der Waals surface area (Å²) >= 11 is 0. The predicted molar refractivity (Wildman–Crippen MR) is 123 cm³/mol. The smallest absolute Gasteiger partial charge is 0.338 e. The molecule has 0 amide bonds. The first-order valence-corrected chi connectivity index (χ1v) is 11.6. The molecule has 0 aliphatic carbocycles. The Morgan fingerprint density at radius 1 is 1.00 bits per heavy atom. The van der Waals surface area contributed by atoms with E-state index in [1.54, 1.807) is 36.4 Å². The second-order valence-corrected chi connectivity index (χ2v) is 9.33. The molecule has 2 aromatic carbocycles. The molecule has 7 nitrogen and oxygen atoms in total. The Kier molecular flexibility index (Phi) is 6.84. The summed E-state index contributed by atoms with van der Waals surface area (Å²) in [4.78, 5) is 24.9. The van der Waals surface area contributed by atoms with Gasteiger partial charge in [0.05, 0.1) is 16.1 Å². The number of rotatable bonds is 8. The molecule has 0 aliphatic heterocycles. The molecule has 0 fully saturated rings. The molecule has 0 unspecified atom stereocenters. The summed E-state index contributed by atoms with van der Waals surface area (Å²) in [5.41, 5.74) is 3.03. The average molecular weight is 455 g/mol. The van der Waals surface area contributed by atoms with Crippen LogP contribution in [-0.4, -0.2) is 38.4 Å². The molecule has 8 heteroatoms. The number of hydrogen-bond acceptors (Lipinski definition) is 5. The third-order valence-electron chi connectivity index (χ3n) is 5.39. The lowest BCUT2D eigenvalue weighted by atomic mass is 10.1. The van der Waals surface area contributed by atoms with Gasteiger partial charge in [0, 0.05) is 30.5 Å². The highest BCUT2D eigenvalue weighted by atomic mass is 32.2. The van der Waals surface area contributed by atoms with Crippen molar-refractivity contribution in [2.75, 3.05) is 18.0 Å². The number of esters is 1. The zero-order valence-corrected chi connectivity index (χ0v) is 19.3. The van der Waals surface area contributed by atoms with Crippen LogP contribution in [0, 0.1) is 13.8 Å². The van der Waals surface area contributed by atoms with Crippen molar-refractivity contribution in [3.05, 3.63) is 83.2 Å². The number of carbonyl (C=O) groups is 2. The van der Waals surface area contributed by atoms with Gasteiger partial charge in [-0.3, -0.25) is 9.10 Å². The normalized spacial score (nSPS) is 11.2. The maximum absolute atomic E-state index is 12.8. The first-order chi connectivity index (χ1) is 15.2. The Morgan fingerprint density at radius 3 is 2.19 bits per heavy atom. The number of ether oxygens (including phenoxy) is 1. The fourth-order valence-electron chi connectivity index (χ4n) is 3.56. The third-order valence-corrected chi connectivity index (χ3v) is 7.19. The minimum atomic E-state index is -3.78. The fourth-order valence-corrected chi connectivity index (χ4v) is 4.76. The number of para-hydroxylation sites is 1. The molecule has 3 rings (SSSR count). The van der Waals surface area contributed by atoms with Crippen LogP contribution in [0.3, 0.4) is 0 Å². The molecule has 0 saturated carbocycles. The maximum atomic E-state index is 12.8. The van der Waals surface area contributed by atoms with Crippen LogP contribution < -0.4 is 4.31 Å². The number of benzene rings is 2. The Morgan fingerprint density at radius 2 is 1.62 bits per heavy atom. The molecule has 1 aromatic heterocycles. The average Bonchev–Trinajstić information content (AvgIpc) is 3.10. The van der Waals surface area contributed by atoms with E-state index in [9.17, 15) is 18.0 Å². The number of ketones is 1. The summed E-state index contributed by atoms with van der Waals surface area (Å²) in [6, 6.07) is 15.9. The van der Waals surface area contributed by atoms with Crippen molar-refractivity contribution in [2.45, 2.75) is 32.2 Å². The van der Waals surface area contributed by atoms with Crippen LogP contribution in [-0.2, 0) is 21.3 Å². The van der Waals surface area contributed by atoms with Crippen LogP contribution in [0.1, 0.15) is 39.0 Å². The largest absolute Gasteiger partial charge is 0.454 e. The number of anilines is 1. The maximum Gasteiger partial charge on any atom is 0.338 e. The summed E-state index contributed by atoms with van der Waals surface area (Å²) in [6.45, 7) is 6.14. The van der Waals surface area contributed by atoms with E-state index in [2.05, 4.69) is 0 Å². The molecule has 0 spiro atoms. The SMILES string of the molecule is CCn1c(C)cc(C(=O)COC(=O)c2ccc(S(=O)(=O)N(C)c3ccccc3)cc2)c1C. The van der Waals surface area contributed by atoms with Gasteiger partial charge < -0.3 is 9.30 Å². The summed E-state index contributed by atoms with van der Waals surface area (Å²) < 4.78 is 34.0. The third kappa shape index (κ3) is 4.60. The predicted octanol–water partition coefficient (Wildman–Crippen LogP) is 3.99. The molecule has 3 aromatic rings. The van der Waals surface area contributed by atoms with Crippen molar-refractivity contribution >= 4 is 27.5 Å². The Hall–Kier alpha value is -3.39. The van der Waals surface area contributed by atoms with Gasteiger partial charge in [0.2, 0.25) is 5.78 Å². The van der Waals surface area contributed by atoms with E-state index < -0.39 is 16.0 Å². The zero-order chi connectivity index (χ0) is 23.5. The van der Waals surface area contributed by atoms with Crippen LogP contribution in [0.15, 0.2) is 65.6 Å². The van der Waals surface area contributed by atoms with E-state index in [0.717, 1.165) is 17.9 Å². The first-order valence-electron chi connectivity index (χ1n) is 10.2. The molecule has 0 N–H and O–H groups in total. The minimum Gasteiger partial charge on any atom is -0.454 e. The van der Waals surface area contributed by atoms with Gasteiger partial charge >= 0.3 is 5.97 Å². The summed E-state index contributed by atoms with van der Waals surface area (Å²) in [5.74, 6) is -0.974. The molecule has 0 bridgehead atoms. The topological polar surface area (TPSA) is 85.7 Å². The van der Waals surface area contributed by atoms with E-state index in [-0.39, 0.29) is 22.8 Å². The van der Waals surface area contributed by atoms with Crippen molar-refractivity contribution in [2.24, 2.45) is 0 Å². The highest BCUT2D eigenvalue weighted by molar-refractivity contribution is 7.92. The quantitative estimate of drug-likeness (QED) is 0.379. The molecule has 0 saturated heterocycles. The van der Waals surface area contributed by atoms with Gasteiger partial charge in [-0.1, -0.05) is 18.2 Å². The Balaban J connectivity index is 1.68. The highest BCUT2D eigenvalue weighted by Gasteiger charge is 2.22. The second kappa shape index (κ2) is 9.40. The number of carbonyl (C=O) groups excluding carboxylic acids is 2. The van der Waals surface area contributed by atoms with Gasteiger partial charge in [0.15, 0.2) is 6.61 Å². The standard InChI is InChI=1S/C24H26N2O5S/c1-5-26-17(2)15-22(18(26)3)23(27)16-31-24(28)19-11-13-21(14-12-19)32(29,30)25(4)20-9-7-6-8-10-20/h6-15H,5,16H2,1-4H3. The molecule has 0 aliphatic rings. The summed E-state index contributed by atoms with van der Waals surface area (Å²) in [7, 11) is -2.31. The second-order valence-electron chi connectivity index (χ2n) is 7.36. The van der Waals surface area contributed by atoms with Crippen LogP contribution in [0.25, 0.3) is 0 Å². The zero-order valence-electron chi connectivity index (χ0n) is 18.5. The summed E-state index contributed by atoms with van der Waals surface area (Å²) in [6.07, 6.45) is 0. The van der Waals surface area contributed by atoms with Crippen LogP contribution >= 0.6 is 0 Å². The minimum absolute atomic E-state index is 0.0449. The molecular weight excluding hydrogens is 428 g/mol. The van der Waals surface area contributed by atoms with Gasteiger partial charge in [-0.15, -0.1) is 0 Å². The highest BCUT2D eigenvalue weighted by Crippen LogP contribution is 2.22. The number of Topliss-reactive ketones (excluding diaryl/α,β-unsaturated/α-hetero) is 1. The van der Waals surface area contributed by atoms with E-state index in [1.807, 2.05) is 25.3 Å². The van der Waals surface area contributed by atoms with Crippen molar-refractivity contribution in [1.29, 1.82) is 0 Å². The molecule has 32 heavy (non-hydrogen) atoms. The van der Waals surface area contributed by atoms with E-state index >= 15 is 0 Å². The van der Waals surface area contributed by atoms with Crippen LogP contribution in [0.5, 0.6) is 0 Å². The molecular formula is C24H26N2O5S. The van der Waals surface area contributed by atoms with Crippen molar-refractivity contribution < 1.29 is 22.7 Å². The van der Waals surface area contributed by atoms with Gasteiger partial charge in [0.25, 0.3) is 10.0 Å². The van der Waals surface area contributed by atoms with E-state index in [1.165, 1.54) is 35.6 Å². The Bertz CT molecular complexity index is 1230. The molecule has 0 atom stereocenters. The first kappa shape index (κ1) is 23.3. The fraction of sp³-hybridized carbons (Fsp3) is 0.250. The van der Waals surface area contributed by atoms with Crippen molar-refractivity contribution in [3.63, 3.8) is 0 Å². The van der Waals surface area contributed by atoms with Crippen molar-refractivity contribution in [3.8, 4) is 0 Å². The van der Waals surface area contributed by atoms with Gasteiger partial charge in [0.1, 0.15) is 0 Å². The number of sulfonamides is 1. The van der Waals surface area contributed by atoms with Gasteiger partial charge in [-0.2, -0.15) is 0 Å². The Labute approximate surface area is 188 Å². The number of aryl methyl sites for hydroxylation is 1. The molecule has 168 valence electrons. The monoisotopic (exact) mass is 454 g/mol. The van der Waals surface area contributed by atoms with Crippen molar-refractivity contribution in [1.82, 2.24) is 4.57 Å². The number of nitrogens with zero attached hydrogens (tertiary/aromatic N) is 2. The molecule has 1 heterocycles. The van der Waals surface area contributed by atoms with Gasteiger partial charge in [-0.25, -0.2) is 13.2 Å². The lowest BCUT2D eigenvalue weighted by molar-refractivity contribution is 0.0474. The van der Waals surface area contributed by atoms with Gasteiger partial charge in [-0.05, 0) is 63.2 Å². The lowest BCUT2D eigenvalue weighted by Gasteiger charge is -2.19. The van der Waals surface area contributed by atoms with Crippen LogP contribution in [0.4, 0.5) is 5.69 Å². The lowest BCUT2D eigenvalue weighted by Crippen LogP contribution is -2.26. The van der Waals surface area contributed by atoms with Crippen LogP contribution in [0.2, 0.25) is 0 Å². The van der Waals surface area contributed by atoms with E-state index in [0.29, 0.717) is 11.3 Å².